The molecule has 2 heterocycles. The molecule has 47 heavy (non-hydrogen) atoms. The van der Waals surface area contributed by atoms with E-state index in [1.807, 2.05) is 78.5 Å². The van der Waals surface area contributed by atoms with E-state index in [0.29, 0.717) is 32.2 Å². The lowest BCUT2D eigenvalue weighted by molar-refractivity contribution is -0.245. The quantitative estimate of drug-likeness (QED) is 0.0530. The minimum absolute atomic E-state index is 0.00261. The number of hydroxylamine groups is 1. The van der Waals surface area contributed by atoms with Crippen molar-refractivity contribution in [1.82, 2.24) is 20.3 Å². The Balaban J connectivity index is 1.23. The van der Waals surface area contributed by atoms with Crippen LogP contribution in [0.2, 0.25) is 0 Å². The van der Waals surface area contributed by atoms with E-state index in [0.717, 1.165) is 50.7 Å². The Kier molecular flexibility index (Phi) is 12.6. The minimum atomic E-state index is -0.556. The molecule has 0 saturated carbocycles. The number of hydrogen-bond donors (Lipinski definition) is 4. The summed E-state index contributed by atoms with van der Waals surface area (Å²) in [6.07, 6.45) is 6.30. The van der Waals surface area contributed by atoms with Crippen molar-refractivity contribution in [2.75, 3.05) is 5.75 Å². The predicted molar refractivity (Wildman–Crippen MR) is 179 cm³/mol. The van der Waals surface area contributed by atoms with E-state index >= 15 is 0 Å². The summed E-state index contributed by atoms with van der Waals surface area (Å²) in [5.41, 5.74) is 7.51. The summed E-state index contributed by atoms with van der Waals surface area (Å²) in [6.45, 7) is 0.405. The van der Waals surface area contributed by atoms with E-state index in [4.69, 9.17) is 14.7 Å². The summed E-state index contributed by atoms with van der Waals surface area (Å²) < 4.78 is 15.0. The summed E-state index contributed by atoms with van der Waals surface area (Å²) in [6, 6.07) is 24.1. The topological polar surface area (TPSA) is 135 Å². The lowest BCUT2D eigenvalue weighted by Gasteiger charge is -2.36. The van der Waals surface area contributed by atoms with Gasteiger partial charge in [0.05, 0.1) is 18.8 Å². The number of nitrogens with one attached hydrogen (secondary N) is 2. The van der Waals surface area contributed by atoms with Crippen molar-refractivity contribution in [2.45, 2.75) is 75.3 Å². The number of unbranched alkanes of at least 4 members (excludes halogenated alkanes) is 2. The van der Waals surface area contributed by atoms with Gasteiger partial charge >= 0.3 is 0 Å². The lowest BCUT2D eigenvalue weighted by Crippen LogP contribution is -2.31. The number of benzene rings is 3. The van der Waals surface area contributed by atoms with Crippen molar-refractivity contribution >= 4 is 23.6 Å². The second kappa shape index (κ2) is 17.2. The van der Waals surface area contributed by atoms with Gasteiger partial charge in [0, 0.05) is 56.6 Å². The number of aliphatic hydroxyl groups excluding tert-OH is 1. The number of hydrogen-bond acceptors (Lipinski definition) is 8. The smallest absolute Gasteiger partial charge is 0.243 e. The van der Waals surface area contributed by atoms with Crippen LogP contribution in [-0.4, -0.2) is 43.5 Å². The van der Waals surface area contributed by atoms with Gasteiger partial charge in [-0.3, -0.25) is 14.8 Å². The zero-order valence-electron chi connectivity index (χ0n) is 26.5. The number of imidazole rings is 1. The molecule has 5 rings (SSSR count). The van der Waals surface area contributed by atoms with Crippen LogP contribution in [0.4, 0.5) is 0 Å². The van der Waals surface area contributed by atoms with Gasteiger partial charge in [0.1, 0.15) is 0 Å². The maximum absolute atomic E-state index is 12.5. The third kappa shape index (κ3) is 9.75. The van der Waals surface area contributed by atoms with Crippen LogP contribution in [0.3, 0.4) is 0 Å². The second-order valence-corrected chi connectivity index (χ2v) is 12.6. The van der Waals surface area contributed by atoms with E-state index in [2.05, 4.69) is 22.4 Å². The number of ether oxygens (including phenoxy) is 2. The van der Waals surface area contributed by atoms with Crippen molar-refractivity contribution in [3.05, 3.63) is 107 Å². The van der Waals surface area contributed by atoms with Gasteiger partial charge in [0.2, 0.25) is 11.8 Å². The van der Waals surface area contributed by atoms with Crippen molar-refractivity contribution in [2.24, 2.45) is 7.05 Å². The van der Waals surface area contributed by atoms with Gasteiger partial charge in [0.25, 0.3) is 0 Å². The zero-order chi connectivity index (χ0) is 33.0. The van der Waals surface area contributed by atoms with Crippen LogP contribution >= 0.6 is 11.8 Å². The highest BCUT2D eigenvalue weighted by Crippen LogP contribution is 2.40. The summed E-state index contributed by atoms with van der Waals surface area (Å²) >= 11 is 1.66. The summed E-state index contributed by atoms with van der Waals surface area (Å²) in [4.78, 5) is 28.0. The molecule has 1 aliphatic heterocycles. The van der Waals surface area contributed by atoms with Crippen molar-refractivity contribution in [3.63, 3.8) is 0 Å². The molecule has 2 amide bonds. The van der Waals surface area contributed by atoms with Crippen LogP contribution in [-0.2, 0) is 39.3 Å². The third-order valence-corrected chi connectivity index (χ3v) is 9.40. The maximum Gasteiger partial charge on any atom is 0.243 e. The number of aliphatic hydroxyl groups is 1. The first-order valence-corrected chi connectivity index (χ1v) is 16.9. The number of carbonyl (C=O) groups is 2. The third-order valence-electron chi connectivity index (χ3n) is 8.21. The Morgan fingerprint density at radius 2 is 1.66 bits per heavy atom. The first-order valence-electron chi connectivity index (χ1n) is 15.9. The summed E-state index contributed by atoms with van der Waals surface area (Å²) in [5.74, 6) is 0.283. The highest BCUT2D eigenvalue weighted by molar-refractivity contribution is 7.99. The predicted octanol–water partition coefficient (Wildman–Crippen LogP) is 5.99. The Labute approximate surface area is 279 Å². The van der Waals surface area contributed by atoms with Crippen LogP contribution < -0.4 is 10.8 Å². The molecule has 0 radical (unpaired) electrons. The van der Waals surface area contributed by atoms with Crippen LogP contribution in [0.15, 0.2) is 90.3 Å². The van der Waals surface area contributed by atoms with Crippen LogP contribution in [0.25, 0.3) is 11.1 Å². The molecule has 1 fully saturated rings. The Hall–Kier alpha value is -4.00. The van der Waals surface area contributed by atoms with E-state index in [-0.39, 0.29) is 31.1 Å². The summed E-state index contributed by atoms with van der Waals surface area (Å²) in [7, 11) is 1.98. The van der Waals surface area contributed by atoms with Crippen molar-refractivity contribution < 1.29 is 29.4 Å². The minimum Gasteiger partial charge on any atom is -0.392 e. The zero-order valence-corrected chi connectivity index (χ0v) is 27.3. The average Bonchev–Trinajstić information content (AvgIpc) is 3.53. The molecule has 11 heteroatoms. The number of thioether (sulfide) groups is 1. The van der Waals surface area contributed by atoms with Crippen molar-refractivity contribution in [3.8, 4) is 11.1 Å². The highest BCUT2D eigenvalue weighted by atomic mass is 32.2. The maximum atomic E-state index is 12.5. The molecule has 3 unspecified atom stereocenters. The molecule has 3 aromatic carbocycles. The highest BCUT2D eigenvalue weighted by Gasteiger charge is 2.32. The number of nitrogens with zero attached hydrogens (tertiary/aromatic N) is 2. The number of amides is 2. The van der Waals surface area contributed by atoms with E-state index in [9.17, 15) is 14.7 Å². The van der Waals surface area contributed by atoms with E-state index in [1.165, 1.54) is 0 Å². The number of aromatic nitrogens is 2. The van der Waals surface area contributed by atoms with Gasteiger partial charge in [-0.1, -0.05) is 91.0 Å². The molecule has 0 bridgehead atoms. The SMILES string of the molecule is Cn1ccnc1SCC1CC(c2ccc(CO)cc2)OC(c2ccc(-c3ccccc3CNC(=O)CCCCCC(=O)NO)cc2)O1. The molecule has 10 nitrogen and oxygen atoms in total. The Morgan fingerprint density at radius 3 is 2.36 bits per heavy atom. The second-order valence-electron chi connectivity index (χ2n) is 11.6. The summed E-state index contributed by atoms with van der Waals surface area (Å²) in [5, 5.41) is 22.0. The molecule has 0 aliphatic carbocycles. The molecule has 0 spiro atoms. The molecule has 1 aromatic heterocycles. The number of rotatable bonds is 15. The molecular formula is C36H42N4O6S. The molecule has 1 saturated heterocycles. The van der Waals surface area contributed by atoms with Crippen LogP contribution in [0, 0.1) is 0 Å². The Bertz CT molecular complexity index is 1590. The standard InChI is InChI=1S/C36H42N4O6S/c1-40-20-19-37-36(40)47-24-30-21-32(27-13-11-25(23-41)12-14-27)46-35(45-30)28-17-15-26(16-18-28)31-8-6-5-7-29(31)22-38-33(42)9-3-2-4-10-34(43)39-44/h5-8,11-20,30,32,35,41,44H,2-4,9-10,21-24H2,1H3,(H,38,42)(H,39,43). The van der Waals surface area contributed by atoms with Crippen LogP contribution in [0.1, 0.15) is 73.2 Å². The lowest BCUT2D eigenvalue weighted by atomic mass is 9.97. The van der Waals surface area contributed by atoms with E-state index in [1.54, 1.807) is 23.4 Å². The number of aryl methyl sites for hydroxylation is 1. The molecule has 4 aromatic rings. The number of carbonyl (C=O) groups excluding carboxylic acids is 2. The van der Waals surface area contributed by atoms with Crippen LogP contribution in [0.5, 0.6) is 0 Å². The van der Waals surface area contributed by atoms with Gasteiger partial charge in [-0.25, -0.2) is 10.5 Å². The van der Waals surface area contributed by atoms with Gasteiger partial charge in [-0.2, -0.15) is 0 Å². The first kappa shape index (κ1) is 34.3. The molecular weight excluding hydrogens is 616 g/mol. The largest absolute Gasteiger partial charge is 0.392 e. The van der Waals surface area contributed by atoms with Gasteiger partial charge < -0.3 is 24.5 Å². The molecule has 3 atom stereocenters. The monoisotopic (exact) mass is 658 g/mol. The van der Waals surface area contributed by atoms with E-state index < -0.39 is 12.2 Å². The molecule has 248 valence electrons. The van der Waals surface area contributed by atoms with Crippen molar-refractivity contribution in [1.29, 1.82) is 0 Å². The van der Waals surface area contributed by atoms with Gasteiger partial charge in [0.15, 0.2) is 11.4 Å². The fourth-order valence-electron chi connectivity index (χ4n) is 5.54. The first-order chi connectivity index (χ1) is 22.9. The average molecular weight is 659 g/mol. The fourth-order valence-corrected chi connectivity index (χ4v) is 6.49. The van der Waals surface area contributed by atoms with Gasteiger partial charge in [-0.05, 0) is 40.7 Å². The molecule has 1 aliphatic rings. The molecule has 4 N–H and O–H groups in total. The fraction of sp³-hybridized carbons (Fsp3) is 0.361. The Morgan fingerprint density at radius 1 is 0.936 bits per heavy atom. The van der Waals surface area contributed by atoms with Gasteiger partial charge in [-0.15, -0.1) is 0 Å². The normalized spacial score (nSPS) is 17.7.